The Hall–Kier alpha value is -1.78. The third-order valence-corrected chi connectivity index (χ3v) is 4.37. The highest BCUT2D eigenvalue weighted by atomic mass is 16.4. The predicted octanol–water partition coefficient (Wildman–Crippen LogP) is 2.58. The molecular formula is C15H24N4O. The average molecular weight is 276 g/mol. The van der Waals surface area contributed by atoms with Gasteiger partial charge in [-0.25, -0.2) is 4.98 Å². The van der Waals surface area contributed by atoms with Crippen LogP contribution < -0.4 is 10.6 Å². The number of aromatic nitrogens is 1. The van der Waals surface area contributed by atoms with Crippen molar-refractivity contribution in [1.82, 2.24) is 4.98 Å². The number of nitrogens with zero attached hydrogens (tertiary/aromatic N) is 3. The number of pyridine rings is 1. The molecule has 0 saturated heterocycles. The van der Waals surface area contributed by atoms with Crippen molar-refractivity contribution in [3.05, 3.63) is 23.9 Å². The van der Waals surface area contributed by atoms with E-state index in [0.29, 0.717) is 17.0 Å². The van der Waals surface area contributed by atoms with Crippen LogP contribution in [-0.4, -0.2) is 29.1 Å². The van der Waals surface area contributed by atoms with Gasteiger partial charge in [0.2, 0.25) is 0 Å². The number of anilines is 1. The van der Waals surface area contributed by atoms with Crippen LogP contribution in [0.1, 0.15) is 45.1 Å². The molecule has 0 amide bonds. The third kappa shape index (κ3) is 3.21. The number of oxime groups is 1. The molecule has 0 aromatic carbocycles. The summed E-state index contributed by atoms with van der Waals surface area (Å²) in [4.78, 5) is 6.61. The van der Waals surface area contributed by atoms with Gasteiger partial charge in [-0.05, 0) is 43.2 Å². The maximum absolute atomic E-state index is 8.75. The molecule has 1 aromatic rings. The number of hydrogen-bond donors (Lipinski definition) is 2. The molecule has 1 fully saturated rings. The summed E-state index contributed by atoms with van der Waals surface area (Å²) in [6.07, 6.45) is 6.54. The first-order chi connectivity index (χ1) is 9.43. The molecule has 2 rings (SSSR count). The molecule has 1 aliphatic carbocycles. The zero-order valence-corrected chi connectivity index (χ0v) is 12.5. The Morgan fingerprint density at radius 1 is 1.45 bits per heavy atom. The molecule has 0 spiro atoms. The van der Waals surface area contributed by atoms with E-state index < -0.39 is 0 Å². The fraction of sp³-hybridized carbons (Fsp3) is 0.600. The van der Waals surface area contributed by atoms with E-state index in [1.54, 1.807) is 12.3 Å². The van der Waals surface area contributed by atoms with E-state index in [4.69, 9.17) is 10.9 Å². The van der Waals surface area contributed by atoms with Crippen LogP contribution in [0.3, 0.4) is 0 Å². The van der Waals surface area contributed by atoms with Gasteiger partial charge < -0.3 is 15.8 Å². The molecule has 1 heterocycles. The van der Waals surface area contributed by atoms with Crippen molar-refractivity contribution in [1.29, 1.82) is 0 Å². The Morgan fingerprint density at radius 3 is 2.70 bits per heavy atom. The van der Waals surface area contributed by atoms with Gasteiger partial charge in [0.15, 0.2) is 5.84 Å². The van der Waals surface area contributed by atoms with Crippen LogP contribution in [0.2, 0.25) is 0 Å². The molecule has 1 saturated carbocycles. The molecule has 3 N–H and O–H groups in total. The lowest BCUT2D eigenvalue weighted by Crippen LogP contribution is -2.37. The fourth-order valence-electron chi connectivity index (χ4n) is 2.79. The maximum atomic E-state index is 8.75. The van der Waals surface area contributed by atoms with Gasteiger partial charge in [0.1, 0.15) is 5.82 Å². The van der Waals surface area contributed by atoms with Crippen molar-refractivity contribution in [2.45, 2.75) is 45.6 Å². The van der Waals surface area contributed by atoms with E-state index in [1.807, 2.05) is 6.07 Å². The maximum Gasteiger partial charge on any atom is 0.170 e. The summed E-state index contributed by atoms with van der Waals surface area (Å²) in [6, 6.07) is 4.13. The number of hydrogen-bond acceptors (Lipinski definition) is 4. The summed E-state index contributed by atoms with van der Waals surface area (Å²) in [5.74, 6) is 0.991. The Morgan fingerprint density at radius 2 is 2.10 bits per heavy atom. The lowest BCUT2D eigenvalue weighted by molar-refractivity contribution is 0.222. The smallest absolute Gasteiger partial charge is 0.170 e. The zero-order valence-electron chi connectivity index (χ0n) is 12.5. The third-order valence-electron chi connectivity index (χ3n) is 4.37. The van der Waals surface area contributed by atoms with Crippen LogP contribution in [-0.2, 0) is 0 Å². The molecule has 0 unspecified atom stereocenters. The molecular weight excluding hydrogens is 252 g/mol. The summed E-state index contributed by atoms with van der Waals surface area (Å²) >= 11 is 0. The highest BCUT2D eigenvalue weighted by Crippen LogP contribution is 2.37. The van der Waals surface area contributed by atoms with E-state index in [-0.39, 0.29) is 5.84 Å². The van der Waals surface area contributed by atoms with Crippen LogP contribution >= 0.6 is 0 Å². The van der Waals surface area contributed by atoms with Crippen molar-refractivity contribution >= 4 is 11.7 Å². The van der Waals surface area contributed by atoms with Crippen LogP contribution in [0.4, 0.5) is 5.82 Å². The summed E-state index contributed by atoms with van der Waals surface area (Å²) in [5.41, 5.74) is 6.78. The normalized spacial score (nSPS) is 19.9. The van der Waals surface area contributed by atoms with Crippen molar-refractivity contribution in [3.8, 4) is 0 Å². The van der Waals surface area contributed by atoms with Crippen molar-refractivity contribution in [3.63, 3.8) is 0 Å². The Labute approximate surface area is 120 Å². The van der Waals surface area contributed by atoms with Crippen molar-refractivity contribution < 1.29 is 5.21 Å². The average Bonchev–Trinajstić information content (AvgIpc) is 2.46. The second-order valence-corrected chi connectivity index (χ2v) is 6.39. The van der Waals surface area contributed by atoms with E-state index in [0.717, 1.165) is 5.82 Å². The topological polar surface area (TPSA) is 74.7 Å². The van der Waals surface area contributed by atoms with Gasteiger partial charge in [0.05, 0.1) is 0 Å². The second-order valence-electron chi connectivity index (χ2n) is 6.39. The fourth-order valence-corrected chi connectivity index (χ4v) is 2.79. The molecule has 1 aromatic heterocycles. The quantitative estimate of drug-likeness (QED) is 0.385. The molecule has 5 heteroatoms. The highest BCUT2D eigenvalue weighted by molar-refractivity contribution is 5.97. The van der Waals surface area contributed by atoms with Gasteiger partial charge >= 0.3 is 0 Å². The molecule has 5 nitrogen and oxygen atoms in total. The lowest BCUT2D eigenvalue weighted by Gasteiger charge is -2.39. The summed E-state index contributed by atoms with van der Waals surface area (Å²) in [5, 5.41) is 11.8. The number of rotatable bonds is 3. The first-order valence-electron chi connectivity index (χ1n) is 7.10. The number of nitrogens with two attached hydrogens (primary N) is 1. The van der Waals surface area contributed by atoms with Crippen LogP contribution in [0.5, 0.6) is 0 Å². The van der Waals surface area contributed by atoms with Crippen LogP contribution in [0, 0.1) is 5.41 Å². The first-order valence-corrected chi connectivity index (χ1v) is 7.10. The van der Waals surface area contributed by atoms with Gasteiger partial charge in [-0.3, -0.25) is 0 Å². The predicted molar refractivity (Wildman–Crippen MR) is 81.2 cm³/mol. The minimum Gasteiger partial charge on any atom is -0.409 e. The second kappa shape index (κ2) is 5.69. The zero-order chi connectivity index (χ0) is 14.8. The monoisotopic (exact) mass is 276 g/mol. The van der Waals surface area contributed by atoms with Gasteiger partial charge in [0.25, 0.3) is 0 Å². The molecule has 0 radical (unpaired) electrons. The molecule has 0 aliphatic heterocycles. The van der Waals surface area contributed by atoms with Crippen LogP contribution in [0.25, 0.3) is 0 Å². The van der Waals surface area contributed by atoms with Crippen molar-refractivity contribution in [2.75, 3.05) is 11.9 Å². The molecule has 110 valence electrons. The minimum absolute atomic E-state index is 0.117. The lowest BCUT2D eigenvalue weighted by atomic mass is 9.75. The number of amidine groups is 1. The minimum atomic E-state index is 0.117. The van der Waals surface area contributed by atoms with Crippen molar-refractivity contribution in [2.24, 2.45) is 16.3 Å². The van der Waals surface area contributed by atoms with Gasteiger partial charge in [-0.1, -0.05) is 19.0 Å². The van der Waals surface area contributed by atoms with E-state index in [2.05, 4.69) is 35.9 Å². The summed E-state index contributed by atoms with van der Waals surface area (Å²) in [7, 11) is 2.07. The SMILES string of the molecule is CN(c1cc(/C(N)=N/O)ccn1)C1CCC(C)(C)CC1. The Kier molecular flexibility index (Phi) is 4.16. The van der Waals surface area contributed by atoms with E-state index >= 15 is 0 Å². The standard InChI is InChI=1S/C15H24N4O/c1-15(2)7-4-12(5-8-15)19(3)13-10-11(6-9-17-13)14(16)18-20/h6,9-10,12,20H,4-5,7-8H2,1-3H3,(H2,16,18). The molecule has 20 heavy (non-hydrogen) atoms. The Bertz CT molecular complexity index is 488. The highest BCUT2D eigenvalue weighted by Gasteiger charge is 2.29. The van der Waals surface area contributed by atoms with Gasteiger partial charge in [-0.2, -0.15) is 0 Å². The van der Waals surface area contributed by atoms with E-state index in [1.165, 1.54) is 25.7 Å². The first kappa shape index (κ1) is 14.6. The van der Waals surface area contributed by atoms with Crippen LogP contribution in [0.15, 0.2) is 23.5 Å². The van der Waals surface area contributed by atoms with Gasteiger partial charge in [0, 0.05) is 24.8 Å². The van der Waals surface area contributed by atoms with E-state index in [9.17, 15) is 0 Å². The summed E-state index contributed by atoms with van der Waals surface area (Å²) < 4.78 is 0. The molecule has 0 atom stereocenters. The largest absolute Gasteiger partial charge is 0.409 e. The molecule has 0 bridgehead atoms. The molecule has 1 aliphatic rings. The van der Waals surface area contributed by atoms with Gasteiger partial charge in [-0.15, -0.1) is 0 Å². The Balaban J connectivity index is 2.12. The summed E-state index contributed by atoms with van der Waals surface area (Å²) in [6.45, 7) is 4.67.